The Morgan fingerprint density at radius 2 is 1.43 bits per heavy atom. The molecule has 3 aromatic rings. The second-order valence-electron chi connectivity index (χ2n) is 11.7. The summed E-state index contributed by atoms with van der Waals surface area (Å²) in [5.41, 5.74) is 4.00. The summed E-state index contributed by atoms with van der Waals surface area (Å²) < 4.78 is 28.2. The monoisotopic (exact) mass is 636 g/mol. The minimum atomic E-state index is -1.08. The molecule has 0 aromatic heterocycles. The van der Waals surface area contributed by atoms with E-state index in [4.69, 9.17) is 0 Å². The number of amides is 2. The van der Waals surface area contributed by atoms with Crippen LogP contribution in [0.5, 0.6) is 0 Å². The second-order valence-corrected chi connectivity index (χ2v) is 11.7. The Kier molecular flexibility index (Phi) is 14.6. The number of carbonyl (C=O) groups excluding carboxylic acids is 2. The lowest BCUT2D eigenvalue weighted by molar-refractivity contribution is 0.0755. The predicted molar refractivity (Wildman–Crippen MR) is 181 cm³/mol. The van der Waals surface area contributed by atoms with Gasteiger partial charge in [-0.05, 0) is 86.6 Å². The number of nitrogens with one attached hydrogen (secondary N) is 2. The number of hydrogen-bond donors (Lipinski definition) is 3. The zero-order valence-corrected chi connectivity index (χ0v) is 27.9. The summed E-state index contributed by atoms with van der Waals surface area (Å²) in [5, 5.41) is 17.5. The number of halogens is 2. The molecule has 0 saturated heterocycles. The molecule has 3 aromatic carbocycles. The quantitative estimate of drug-likeness (QED) is 0.157. The Labute approximate surface area is 273 Å². The van der Waals surface area contributed by atoms with Gasteiger partial charge in [-0.2, -0.15) is 0 Å². The molecule has 3 N–H and O–H groups in total. The molecule has 9 heteroatoms. The molecule has 0 aliphatic heterocycles. The van der Waals surface area contributed by atoms with E-state index in [-0.39, 0.29) is 24.4 Å². The molecule has 0 spiro atoms. The van der Waals surface area contributed by atoms with Crippen molar-refractivity contribution in [1.29, 1.82) is 0 Å². The van der Waals surface area contributed by atoms with Gasteiger partial charge in [0.25, 0.3) is 11.8 Å². The zero-order valence-electron chi connectivity index (χ0n) is 27.9. The van der Waals surface area contributed by atoms with Crippen molar-refractivity contribution in [3.63, 3.8) is 0 Å². The molecule has 7 nitrogen and oxygen atoms in total. The Morgan fingerprint density at radius 3 is 2.04 bits per heavy atom. The third-order valence-electron chi connectivity index (χ3n) is 8.07. The van der Waals surface area contributed by atoms with Crippen molar-refractivity contribution in [1.82, 2.24) is 15.5 Å². The summed E-state index contributed by atoms with van der Waals surface area (Å²) in [6.07, 6.45) is 1.45. The van der Waals surface area contributed by atoms with Gasteiger partial charge in [-0.1, -0.05) is 45.0 Å². The van der Waals surface area contributed by atoms with Crippen LogP contribution in [0.25, 0.3) is 0 Å². The van der Waals surface area contributed by atoms with Gasteiger partial charge < -0.3 is 25.5 Å². The van der Waals surface area contributed by atoms with E-state index in [1.54, 1.807) is 17.0 Å². The predicted octanol–water partition coefficient (Wildman–Crippen LogP) is 6.13. The summed E-state index contributed by atoms with van der Waals surface area (Å²) in [5.74, 6) is -2.10. The largest absolute Gasteiger partial charge is 0.390 e. The van der Waals surface area contributed by atoms with E-state index >= 15 is 0 Å². The highest BCUT2D eigenvalue weighted by Crippen LogP contribution is 2.22. The number of rotatable bonds is 18. The van der Waals surface area contributed by atoms with Gasteiger partial charge in [0, 0.05) is 62.1 Å². The van der Waals surface area contributed by atoms with Crippen LogP contribution in [-0.4, -0.2) is 66.7 Å². The average Bonchev–Trinajstić information content (AvgIpc) is 3.04. The summed E-state index contributed by atoms with van der Waals surface area (Å²) in [7, 11) is 0. The minimum Gasteiger partial charge on any atom is -0.390 e. The van der Waals surface area contributed by atoms with Crippen molar-refractivity contribution in [2.45, 2.75) is 79.0 Å². The minimum absolute atomic E-state index is 0.00309. The highest BCUT2D eigenvalue weighted by atomic mass is 19.1. The van der Waals surface area contributed by atoms with Crippen LogP contribution in [0.15, 0.2) is 60.7 Å². The summed E-state index contributed by atoms with van der Waals surface area (Å²) in [6.45, 7) is 13.4. The summed E-state index contributed by atoms with van der Waals surface area (Å²) >= 11 is 0. The van der Waals surface area contributed by atoms with Gasteiger partial charge in [0.05, 0.1) is 12.1 Å². The highest BCUT2D eigenvalue weighted by molar-refractivity contribution is 6.01. The van der Waals surface area contributed by atoms with Crippen LogP contribution in [0, 0.1) is 11.6 Å². The van der Waals surface area contributed by atoms with E-state index in [1.807, 2.05) is 45.9 Å². The average molecular weight is 637 g/mol. The lowest BCUT2D eigenvalue weighted by atomic mass is 9.99. The maximum atomic E-state index is 14.1. The lowest BCUT2D eigenvalue weighted by Crippen LogP contribution is -2.48. The van der Waals surface area contributed by atoms with Gasteiger partial charge in [0.2, 0.25) is 0 Å². The van der Waals surface area contributed by atoms with E-state index in [0.29, 0.717) is 43.9 Å². The first-order chi connectivity index (χ1) is 22.1. The van der Waals surface area contributed by atoms with Crippen LogP contribution in [0.4, 0.5) is 14.5 Å². The molecule has 0 radical (unpaired) electrons. The highest BCUT2D eigenvalue weighted by Gasteiger charge is 2.25. The van der Waals surface area contributed by atoms with Crippen molar-refractivity contribution in [3.8, 4) is 0 Å². The number of aliphatic hydroxyl groups excluding tert-OH is 1. The van der Waals surface area contributed by atoms with Gasteiger partial charge >= 0.3 is 0 Å². The smallest absolute Gasteiger partial charge is 0.253 e. The molecule has 46 heavy (non-hydrogen) atoms. The van der Waals surface area contributed by atoms with Crippen LogP contribution in [0.3, 0.4) is 0 Å². The standard InChI is InChI=1S/C37H50F2N4O3/c1-6-14-43(15-7-2)37(46)30-20-29(21-33(22-30)42(9-4)10-5)36(45)41-34(19-28-17-31(38)23-32(39)18-28)35(44)25-40-24-27-13-11-12-26(8-3)16-27/h11-13,16-18,20-23,34-35,40,44H,6-10,14-15,19,24-25H2,1-5H3,(H,41,45). The van der Waals surface area contributed by atoms with Crippen molar-refractivity contribution < 1.29 is 23.5 Å². The lowest BCUT2D eigenvalue weighted by Gasteiger charge is -2.27. The summed E-state index contributed by atoms with van der Waals surface area (Å²) in [4.78, 5) is 31.3. The molecule has 0 aliphatic carbocycles. The second kappa shape index (κ2) is 18.4. The molecule has 0 saturated carbocycles. The van der Waals surface area contributed by atoms with E-state index < -0.39 is 29.7 Å². The molecule has 3 rings (SSSR count). The Hall–Kier alpha value is -3.82. The van der Waals surface area contributed by atoms with Gasteiger partial charge in [0.15, 0.2) is 0 Å². The maximum absolute atomic E-state index is 14.1. The van der Waals surface area contributed by atoms with Crippen LogP contribution < -0.4 is 15.5 Å². The van der Waals surface area contributed by atoms with Crippen molar-refractivity contribution in [2.75, 3.05) is 37.6 Å². The number of hydrogen-bond acceptors (Lipinski definition) is 5. The molecular weight excluding hydrogens is 586 g/mol. The Morgan fingerprint density at radius 1 is 0.804 bits per heavy atom. The van der Waals surface area contributed by atoms with E-state index in [9.17, 15) is 23.5 Å². The van der Waals surface area contributed by atoms with Crippen LogP contribution in [-0.2, 0) is 19.4 Å². The first-order valence-electron chi connectivity index (χ1n) is 16.5. The van der Waals surface area contributed by atoms with Crippen molar-refractivity contribution in [3.05, 3.63) is 100 Å². The van der Waals surface area contributed by atoms with Crippen LogP contribution >= 0.6 is 0 Å². The SMILES string of the molecule is CCCN(CCC)C(=O)c1cc(C(=O)NC(Cc2cc(F)cc(F)c2)C(O)CNCc2cccc(CC)c2)cc(N(CC)CC)c1. The van der Waals surface area contributed by atoms with E-state index in [0.717, 1.165) is 36.6 Å². The Balaban J connectivity index is 1.91. The van der Waals surface area contributed by atoms with Crippen molar-refractivity contribution >= 4 is 17.5 Å². The first-order valence-corrected chi connectivity index (χ1v) is 16.5. The van der Waals surface area contributed by atoms with Gasteiger partial charge in [0.1, 0.15) is 11.6 Å². The number of benzene rings is 3. The maximum Gasteiger partial charge on any atom is 0.253 e. The van der Waals surface area contributed by atoms with Crippen LogP contribution in [0.2, 0.25) is 0 Å². The molecular formula is C37H50F2N4O3. The van der Waals surface area contributed by atoms with Gasteiger partial charge in [-0.25, -0.2) is 8.78 Å². The number of aliphatic hydroxyl groups is 1. The fourth-order valence-corrected chi connectivity index (χ4v) is 5.66. The fraction of sp³-hybridized carbons (Fsp3) is 0.459. The van der Waals surface area contributed by atoms with Crippen LogP contribution in [0.1, 0.15) is 84.9 Å². The van der Waals surface area contributed by atoms with Crippen molar-refractivity contribution in [2.24, 2.45) is 0 Å². The van der Waals surface area contributed by atoms with E-state index in [2.05, 4.69) is 34.6 Å². The molecule has 0 fully saturated rings. The molecule has 250 valence electrons. The fourth-order valence-electron chi connectivity index (χ4n) is 5.66. The molecule has 2 amide bonds. The topological polar surface area (TPSA) is 84.9 Å². The normalized spacial score (nSPS) is 12.4. The zero-order chi connectivity index (χ0) is 33.6. The van der Waals surface area contributed by atoms with E-state index in [1.165, 1.54) is 17.7 Å². The molecule has 2 unspecified atom stereocenters. The molecule has 0 heterocycles. The first kappa shape index (κ1) is 36.6. The molecule has 0 aliphatic rings. The Bertz CT molecular complexity index is 1400. The number of carbonyl (C=O) groups is 2. The van der Waals surface area contributed by atoms with Gasteiger partial charge in [-0.15, -0.1) is 0 Å². The number of aryl methyl sites for hydroxylation is 1. The number of nitrogens with zero attached hydrogens (tertiary/aromatic N) is 2. The molecule has 0 bridgehead atoms. The number of anilines is 1. The third-order valence-corrected chi connectivity index (χ3v) is 8.07. The van der Waals surface area contributed by atoms with Gasteiger partial charge in [-0.3, -0.25) is 9.59 Å². The third kappa shape index (κ3) is 10.6. The summed E-state index contributed by atoms with van der Waals surface area (Å²) in [6, 6.07) is 15.6. The molecule has 2 atom stereocenters.